The van der Waals surface area contributed by atoms with Crippen LogP contribution in [0.5, 0.6) is 0 Å². The molecule has 1 saturated carbocycles. The summed E-state index contributed by atoms with van der Waals surface area (Å²) in [5.41, 5.74) is 7.11. The maximum absolute atomic E-state index is 11.6. The normalized spacial score (nSPS) is 19.5. The molecule has 5 N–H and O–H groups in total. The van der Waals surface area contributed by atoms with Gasteiger partial charge in [-0.15, -0.1) is 0 Å². The largest absolute Gasteiger partial charge is 0.384 e. The van der Waals surface area contributed by atoms with Gasteiger partial charge in [0.2, 0.25) is 0 Å². The van der Waals surface area contributed by atoms with Gasteiger partial charge in [-0.2, -0.15) is 9.61 Å². The number of fused-ring (bicyclic) bond motifs is 1. The predicted octanol–water partition coefficient (Wildman–Crippen LogP) is 0.0661. The van der Waals surface area contributed by atoms with Crippen LogP contribution in [-0.2, 0) is 4.79 Å². The molecule has 0 unspecified atom stereocenters. The summed E-state index contributed by atoms with van der Waals surface area (Å²) in [7, 11) is 0. The Morgan fingerprint density at radius 1 is 1.36 bits per heavy atom. The molecule has 3 amide bonds. The number of nitrogens with zero attached hydrogens (tertiary/aromatic N) is 3. The Bertz CT molecular complexity index is 834. The van der Waals surface area contributed by atoms with Gasteiger partial charge >= 0.3 is 6.03 Å². The molecule has 1 aliphatic carbocycles. The smallest absolute Gasteiger partial charge is 0.326 e. The molecular weight excluding hydrogens is 286 g/mol. The summed E-state index contributed by atoms with van der Waals surface area (Å²) in [5.74, 6) is 0.634. The lowest BCUT2D eigenvalue weighted by molar-refractivity contribution is -0.115. The Kier molecular flexibility index (Phi) is 2.55. The summed E-state index contributed by atoms with van der Waals surface area (Å²) in [6.07, 6.45) is 5.34. The number of hydrogen-bond donors (Lipinski definition) is 4. The maximum Gasteiger partial charge on any atom is 0.326 e. The Labute approximate surface area is 124 Å². The zero-order chi connectivity index (χ0) is 15.3. The second kappa shape index (κ2) is 4.45. The lowest BCUT2D eigenvalue weighted by Gasteiger charge is -2.07. The van der Waals surface area contributed by atoms with Crippen molar-refractivity contribution in [1.82, 2.24) is 25.2 Å². The molecule has 0 aromatic carbocycles. The SMILES string of the molecule is Nc1cc(NC2CC2)n2ncc(C=C3NC(=O)NC3=O)c2n1. The molecule has 9 nitrogen and oxygen atoms in total. The number of nitrogen functional groups attached to an aromatic ring is 1. The highest BCUT2D eigenvalue weighted by Crippen LogP contribution is 2.26. The highest BCUT2D eigenvalue weighted by Gasteiger charge is 2.25. The van der Waals surface area contributed by atoms with Crippen LogP contribution in [0.25, 0.3) is 11.7 Å². The topological polar surface area (TPSA) is 126 Å². The molecule has 2 fully saturated rings. The van der Waals surface area contributed by atoms with Gasteiger partial charge in [-0.3, -0.25) is 10.1 Å². The summed E-state index contributed by atoms with van der Waals surface area (Å²) >= 11 is 0. The van der Waals surface area contributed by atoms with E-state index < -0.39 is 11.9 Å². The molecular formula is C13H13N7O2. The number of nitrogens with one attached hydrogen (secondary N) is 3. The van der Waals surface area contributed by atoms with Crippen molar-refractivity contribution >= 4 is 35.3 Å². The van der Waals surface area contributed by atoms with Gasteiger partial charge in [-0.25, -0.2) is 9.78 Å². The van der Waals surface area contributed by atoms with Crippen molar-refractivity contribution in [3.63, 3.8) is 0 Å². The van der Waals surface area contributed by atoms with E-state index in [0.29, 0.717) is 23.1 Å². The quantitative estimate of drug-likeness (QED) is 0.469. The van der Waals surface area contributed by atoms with Crippen LogP contribution in [0.3, 0.4) is 0 Å². The van der Waals surface area contributed by atoms with E-state index in [2.05, 4.69) is 26.0 Å². The monoisotopic (exact) mass is 299 g/mol. The fourth-order valence-electron chi connectivity index (χ4n) is 2.28. The molecule has 0 spiro atoms. The van der Waals surface area contributed by atoms with Gasteiger partial charge in [-0.1, -0.05) is 0 Å². The molecule has 2 aromatic rings. The first-order valence-electron chi connectivity index (χ1n) is 6.85. The van der Waals surface area contributed by atoms with Crippen molar-refractivity contribution in [1.29, 1.82) is 0 Å². The second-order valence-corrected chi connectivity index (χ2v) is 5.29. The first-order valence-corrected chi connectivity index (χ1v) is 6.85. The van der Waals surface area contributed by atoms with Gasteiger partial charge in [0, 0.05) is 17.7 Å². The van der Waals surface area contributed by atoms with Gasteiger partial charge in [0.1, 0.15) is 17.3 Å². The molecule has 4 rings (SSSR count). The van der Waals surface area contributed by atoms with E-state index in [-0.39, 0.29) is 5.70 Å². The third-order valence-electron chi connectivity index (χ3n) is 3.47. The van der Waals surface area contributed by atoms with Crippen molar-refractivity contribution in [3.8, 4) is 0 Å². The van der Waals surface area contributed by atoms with Crippen LogP contribution in [0.15, 0.2) is 18.0 Å². The van der Waals surface area contributed by atoms with Gasteiger partial charge in [0.05, 0.1) is 6.20 Å². The van der Waals surface area contributed by atoms with E-state index in [1.807, 2.05) is 0 Å². The summed E-state index contributed by atoms with van der Waals surface area (Å²) < 4.78 is 1.63. The van der Waals surface area contributed by atoms with E-state index in [4.69, 9.17) is 5.73 Å². The third kappa shape index (κ3) is 2.12. The number of hydrogen-bond acceptors (Lipinski definition) is 6. The van der Waals surface area contributed by atoms with Crippen LogP contribution in [0, 0.1) is 0 Å². The Morgan fingerprint density at radius 3 is 2.86 bits per heavy atom. The highest BCUT2D eigenvalue weighted by molar-refractivity contribution is 6.14. The van der Waals surface area contributed by atoms with E-state index >= 15 is 0 Å². The minimum atomic E-state index is -0.545. The van der Waals surface area contributed by atoms with Gasteiger partial charge in [0.25, 0.3) is 5.91 Å². The van der Waals surface area contributed by atoms with Crippen molar-refractivity contribution in [2.24, 2.45) is 0 Å². The maximum atomic E-state index is 11.6. The number of nitrogens with two attached hydrogens (primary N) is 1. The van der Waals surface area contributed by atoms with E-state index in [1.54, 1.807) is 16.8 Å². The van der Waals surface area contributed by atoms with Crippen molar-refractivity contribution < 1.29 is 9.59 Å². The first kappa shape index (κ1) is 12.6. The summed E-state index contributed by atoms with van der Waals surface area (Å²) in [6.45, 7) is 0. The average molecular weight is 299 g/mol. The highest BCUT2D eigenvalue weighted by atomic mass is 16.2. The second-order valence-electron chi connectivity index (χ2n) is 5.29. The molecule has 22 heavy (non-hydrogen) atoms. The fourth-order valence-corrected chi connectivity index (χ4v) is 2.28. The molecule has 0 radical (unpaired) electrons. The third-order valence-corrected chi connectivity index (χ3v) is 3.47. The average Bonchev–Trinajstić information content (AvgIpc) is 3.09. The number of imide groups is 1. The van der Waals surface area contributed by atoms with Crippen molar-refractivity contribution in [3.05, 3.63) is 23.5 Å². The van der Waals surface area contributed by atoms with Crippen LogP contribution in [0.4, 0.5) is 16.4 Å². The Hall–Kier alpha value is -3.10. The van der Waals surface area contributed by atoms with Crippen LogP contribution < -0.4 is 21.7 Å². The lowest BCUT2D eigenvalue weighted by atomic mass is 10.2. The molecule has 0 bridgehead atoms. The van der Waals surface area contributed by atoms with E-state index in [9.17, 15) is 9.59 Å². The minimum absolute atomic E-state index is 0.154. The zero-order valence-electron chi connectivity index (χ0n) is 11.5. The Morgan fingerprint density at radius 2 is 2.18 bits per heavy atom. The molecule has 0 atom stereocenters. The molecule has 112 valence electrons. The van der Waals surface area contributed by atoms with Crippen molar-refractivity contribution in [2.45, 2.75) is 18.9 Å². The number of carbonyl (C=O) groups excluding carboxylic acids is 2. The number of aromatic nitrogens is 3. The fraction of sp³-hybridized carbons (Fsp3) is 0.231. The number of rotatable bonds is 3. The number of carbonyl (C=O) groups is 2. The van der Waals surface area contributed by atoms with Gasteiger partial charge in [0.15, 0.2) is 5.65 Å². The van der Waals surface area contributed by atoms with Crippen LogP contribution in [0.2, 0.25) is 0 Å². The number of amides is 3. The van der Waals surface area contributed by atoms with E-state index in [1.165, 1.54) is 6.08 Å². The number of anilines is 2. The number of urea groups is 1. The molecule has 1 saturated heterocycles. The molecule has 9 heteroatoms. The summed E-state index contributed by atoms with van der Waals surface area (Å²) in [6, 6.07) is 1.62. The lowest BCUT2D eigenvalue weighted by Crippen LogP contribution is -2.22. The zero-order valence-corrected chi connectivity index (χ0v) is 11.5. The minimum Gasteiger partial charge on any atom is -0.384 e. The molecule has 1 aliphatic heterocycles. The van der Waals surface area contributed by atoms with Gasteiger partial charge < -0.3 is 16.4 Å². The first-order chi connectivity index (χ1) is 10.6. The van der Waals surface area contributed by atoms with Crippen LogP contribution >= 0.6 is 0 Å². The van der Waals surface area contributed by atoms with Crippen LogP contribution in [0.1, 0.15) is 18.4 Å². The molecule has 2 aliphatic rings. The Balaban J connectivity index is 1.79. The summed E-state index contributed by atoms with van der Waals surface area (Å²) in [5, 5.41) is 12.2. The van der Waals surface area contributed by atoms with Crippen molar-refractivity contribution in [2.75, 3.05) is 11.1 Å². The standard InChI is InChI=1S/C13H13N7O2/c14-9-4-10(16-7-1-2-7)20-11(18-9)6(5-15-20)3-8-12(21)19-13(22)17-8/h3-5,7,16H,1-2H2,(H2,14,18)(H2,17,19,21,22). The molecule has 3 heterocycles. The summed E-state index contributed by atoms with van der Waals surface area (Å²) in [4.78, 5) is 27.0. The van der Waals surface area contributed by atoms with Gasteiger partial charge in [-0.05, 0) is 18.9 Å². The van der Waals surface area contributed by atoms with E-state index in [0.717, 1.165) is 18.7 Å². The molecule has 2 aromatic heterocycles. The predicted molar refractivity (Wildman–Crippen MR) is 78.7 cm³/mol. The van der Waals surface area contributed by atoms with Crippen LogP contribution in [-0.4, -0.2) is 32.6 Å².